The summed E-state index contributed by atoms with van der Waals surface area (Å²) in [5.41, 5.74) is 1.01. The largest absolute Gasteiger partial charge is 0.481 e. The van der Waals surface area contributed by atoms with Gasteiger partial charge in [0.05, 0.1) is 0 Å². The lowest BCUT2D eigenvalue weighted by molar-refractivity contribution is -0.137. The number of carbonyl (C=O) groups is 2. The normalized spacial score (nSPS) is 10.2. The van der Waals surface area contributed by atoms with E-state index in [1.165, 1.54) is 12.1 Å². The predicted molar refractivity (Wildman–Crippen MR) is 69.6 cm³/mol. The maximum Gasteiger partial charge on any atom is 0.303 e. The number of carboxylic acid groups (broad SMARTS) is 1. The quantitative estimate of drug-likeness (QED) is 0.746. The average Bonchev–Trinajstić information content (AvgIpc) is 2.31. The molecule has 0 aliphatic carbocycles. The van der Waals surface area contributed by atoms with Gasteiger partial charge >= 0.3 is 5.97 Å². The van der Waals surface area contributed by atoms with Crippen molar-refractivity contribution in [2.45, 2.75) is 32.6 Å². The Kier molecular flexibility index (Phi) is 5.99. The number of aliphatic carboxylic acids is 1. The molecule has 5 heteroatoms. The first-order valence-electron chi connectivity index (χ1n) is 6.26. The minimum absolute atomic E-state index is 0.150. The number of unbranched alkanes of at least 4 members (excludes halogenated alkanes) is 2. The lowest BCUT2D eigenvalue weighted by Crippen LogP contribution is -2.24. The summed E-state index contributed by atoms with van der Waals surface area (Å²) in [5.74, 6) is -1.54. The van der Waals surface area contributed by atoms with Gasteiger partial charge in [-0.3, -0.25) is 9.59 Å². The van der Waals surface area contributed by atoms with Gasteiger partial charge in [0.25, 0.3) is 5.91 Å². The van der Waals surface area contributed by atoms with E-state index in [0.717, 1.165) is 6.42 Å². The van der Waals surface area contributed by atoms with E-state index in [0.29, 0.717) is 30.5 Å². The summed E-state index contributed by atoms with van der Waals surface area (Å²) >= 11 is 0. The number of hydrogen-bond donors (Lipinski definition) is 2. The Morgan fingerprint density at radius 2 is 1.95 bits per heavy atom. The number of halogens is 1. The molecule has 104 valence electrons. The van der Waals surface area contributed by atoms with Crippen molar-refractivity contribution >= 4 is 11.9 Å². The second-order valence-corrected chi connectivity index (χ2v) is 4.48. The summed E-state index contributed by atoms with van der Waals surface area (Å²) in [6.45, 7) is 2.19. The van der Waals surface area contributed by atoms with Gasteiger partial charge in [-0.25, -0.2) is 4.39 Å². The van der Waals surface area contributed by atoms with Gasteiger partial charge in [0.15, 0.2) is 0 Å². The van der Waals surface area contributed by atoms with Crippen molar-refractivity contribution in [2.75, 3.05) is 6.54 Å². The topological polar surface area (TPSA) is 66.4 Å². The third-order valence-corrected chi connectivity index (χ3v) is 2.66. The first-order chi connectivity index (χ1) is 8.99. The number of carboxylic acids is 1. The minimum atomic E-state index is -0.806. The fourth-order valence-electron chi connectivity index (χ4n) is 1.75. The lowest BCUT2D eigenvalue weighted by Gasteiger charge is -2.06. The van der Waals surface area contributed by atoms with Crippen LogP contribution in [-0.2, 0) is 4.79 Å². The molecular weight excluding hydrogens is 249 g/mol. The van der Waals surface area contributed by atoms with E-state index in [-0.39, 0.29) is 12.3 Å². The lowest BCUT2D eigenvalue weighted by atomic mass is 10.1. The molecule has 0 atom stereocenters. The van der Waals surface area contributed by atoms with Crippen LogP contribution < -0.4 is 5.32 Å². The van der Waals surface area contributed by atoms with E-state index in [1.807, 2.05) is 0 Å². The molecule has 0 heterocycles. The molecule has 0 bridgehead atoms. The Labute approximate surface area is 111 Å². The fraction of sp³-hybridized carbons (Fsp3) is 0.429. The fourth-order valence-corrected chi connectivity index (χ4v) is 1.75. The van der Waals surface area contributed by atoms with E-state index in [2.05, 4.69) is 5.32 Å². The Hall–Kier alpha value is -1.91. The molecule has 0 aliphatic heterocycles. The summed E-state index contributed by atoms with van der Waals surface area (Å²) in [5, 5.41) is 11.1. The van der Waals surface area contributed by atoms with Crippen LogP contribution in [0.25, 0.3) is 0 Å². The zero-order valence-corrected chi connectivity index (χ0v) is 10.9. The van der Waals surface area contributed by atoms with Gasteiger partial charge in [0.2, 0.25) is 0 Å². The predicted octanol–water partition coefficient (Wildman–Crippen LogP) is 2.51. The zero-order valence-electron chi connectivity index (χ0n) is 10.9. The van der Waals surface area contributed by atoms with E-state index in [9.17, 15) is 14.0 Å². The van der Waals surface area contributed by atoms with Crippen LogP contribution in [0, 0.1) is 12.7 Å². The van der Waals surface area contributed by atoms with Crippen molar-refractivity contribution in [2.24, 2.45) is 0 Å². The number of amides is 1. The number of nitrogens with one attached hydrogen (secondary N) is 1. The van der Waals surface area contributed by atoms with Crippen molar-refractivity contribution in [3.05, 3.63) is 35.1 Å². The van der Waals surface area contributed by atoms with Crippen LogP contribution in [0.4, 0.5) is 4.39 Å². The summed E-state index contributed by atoms with van der Waals surface area (Å²) in [7, 11) is 0. The Morgan fingerprint density at radius 1 is 1.21 bits per heavy atom. The number of rotatable bonds is 7. The van der Waals surface area contributed by atoms with Crippen molar-refractivity contribution in [1.82, 2.24) is 5.32 Å². The molecule has 2 N–H and O–H groups in total. The smallest absolute Gasteiger partial charge is 0.303 e. The maximum absolute atomic E-state index is 13.1. The third kappa shape index (κ3) is 5.99. The molecule has 0 spiro atoms. The van der Waals surface area contributed by atoms with Gasteiger partial charge in [0, 0.05) is 18.5 Å². The second-order valence-electron chi connectivity index (χ2n) is 4.48. The second kappa shape index (κ2) is 7.51. The Balaban J connectivity index is 2.29. The van der Waals surface area contributed by atoms with Gasteiger partial charge < -0.3 is 10.4 Å². The van der Waals surface area contributed by atoms with Crippen LogP contribution >= 0.6 is 0 Å². The van der Waals surface area contributed by atoms with Gasteiger partial charge in [0.1, 0.15) is 5.82 Å². The molecule has 0 saturated carbocycles. The standard InChI is InChI=1S/C14H18FNO3/c1-10-7-11(9-12(15)8-10)14(19)16-6-4-2-3-5-13(17)18/h7-9H,2-6H2,1H3,(H,16,19)(H,17,18). The molecule has 0 radical (unpaired) electrons. The summed E-state index contributed by atoms with van der Waals surface area (Å²) < 4.78 is 13.1. The first-order valence-corrected chi connectivity index (χ1v) is 6.26. The van der Waals surface area contributed by atoms with E-state index < -0.39 is 11.8 Å². The van der Waals surface area contributed by atoms with Gasteiger partial charge in [-0.05, 0) is 43.5 Å². The highest BCUT2D eigenvalue weighted by Crippen LogP contribution is 2.08. The Morgan fingerprint density at radius 3 is 2.58 bits per heavy atom. The summed E-state index contributed by atoms with van der Waals surface area (Å²) in [4.78, 5) is 22.0. The molecule has 1 aromatic rings. The van der Waals surface area contributed by atoms with Crippen LogP contribution in [0.2, 0.25) is 0 Å². The van der Waals surface area contributed by atoms with Crippen molar-refractivity contribution < 1.29 is 19.1 Å². The van der Waals surface area contributed by atoms with Gasteiger partial charge in [-0.15, -0.1) is 0 Å². The molecule has 4 nitrogen and oxygen atoms in total. The first kappa shape index (κ1) is 15.1. The number of hydrogen-bond acceptors (Lipinski definition) is 2. The Bertz CT molecular complexity index is 440. The molecule has 1 rings (SSSR count). The van der Waals surface area contributed by atoms with Gasteiger partial charge in [-0.2, -0.15) is 0 Å². The molecule has 1 amide bonds. The van der Waals surface area contributed by atoms with Crippen LogP contribution in [0.3, 0.4) is 0 Å². The molecule has 0 aliphatic rings. The highest BCUT2D eigenvalue weighted by Gasteiger charge is 2.07. The van der Waals surface area contributed by atoms with Crippen molar-refractivity contribution in [3.8, 4) is 0 Å². The van der Waals surface area contributed by atoms with Crippen LogP contribution in [0.5, 0.6) is 0 Å². The van der Waals surface area contributed by atoms with Crippen LogP contribution in [0.15, 0.2) is 18.2 Å². The van der Waals surface area contributed by atoms with E-state index >= 15 is 0 Å². The highest BCUT2D eigenvalue weighted by atomic mass is 19.1. The summed E-state index contributed by atoms with van der Waals surface area (Å²) in [6.07, 6.45) is 2.21. The van der Waals surface area contributed by atoms with E-state index in [4.69, 9.17) is 5.11 Å². The molecule has 0 fully saturated rings. The molecule has 1 aromatic carbocycles. The zero-order chi connectivity index (χ0) is 14.3. The average molecular weight is 267 g/mol. The molecular formula is C14H18FNO3. The van der Waals surface area contributed by atoms with Crippen molar-refractivity contribution in [1.29, 1.82) is 0 Å². The molecule has 0 unspecified atom stereocenters. The molecule has 0 saturated heterocycles. The summed E-state index contributed by atoms with van der Waals surface area (Å²) in [6, 6.07) is 4.19. The third-order valence-electron chi connectivity index (χ3n) is 2.66. The number of benzene rings is 1. The minimum Gasteiger partial charge on any atom is -0.481 e. The molecule has 0 aromatic heterocycles. The van der Waals surface area contributed by atoms with Gasteiger partial charge in [-0.1, -0.05) is 6.42 Å². The molecule has 19 heavy (non-hydrogen) atoms. The SMILES string of the molecule is Cc1cc(F)cc(C(=O)NCCCCCC(=O)O)c1. The monoisotopic (exact) mass is 267 g/mol. The highest BCUT2D eigenvalue weighted by molar-refractivity contribution is 5.94. The van der Waals surface area contributed by atoms with Crippen molar-refractivity contribution in [3.63, 3.8) is 0 Å². The van der Waals surface area contributed by atoms with E-state index in [1.54, 1.807) is 13.0 Å². The maximum atomic E-state index is 13.1. The number of aryl methyl sites for hydroxylation is 1. The number of carbonyl (C=O) groups excluding carboxylic acids is 1. The van der Waals surface area contributed by atoms with Crippen LogP contribution in [-0.4, -0.2) is 23.5 Å². The van der Waals surface area contributed by atoms with Crippen LogP contribution in [0.1, 0.15) is 41.6 Å².